The number of carbonyl (C=O) groups is 2. The largest absolute Gasteiger partial charge is 0.573 e. The summed E-state index contributed by atoms with van der Waals surface area (Å²) in [5.74, 6) is -1.48. The molecule has 1 unspecified atom stereocenters. The monoisotopic (exact) mass is 455 g/mol. The van der Waals surface area contributed by atoms with E-state index in [1.807, 2.05) is 13.8 Å². The number of halogens is 6. The van der Waals surface area contributed by atoms with Crippen molar-refractivity contribution in [3.8, 4) is 5.75 Å². The first kappa shape index (κ1) is 24.6. The zero-order valence-electron chi connectivity index (χ0n) is 16.9. The standard InChI is InChI=1S/C19H23F6N3O3/c1-3-11(2)16(29)28-8-6-12(7-9-28)26-17(30)27-13-4-5-15(31-19(23,24)25)14(10-13)18(20,21)22/h4-5,10-12H,3,6-9H2,1-2H3,(H2,26,27,30). The van der Waals surface area contributed by atoms with Crippen LogP contribution in [0.3, 0.4) is 0 Å². The second-order valence-corrected chi connectivity index (χ2v) is 7.26. The molecule has 1 heterocycles. The van der Waals surface area contributed by atoms with E-state index in [-0.39, 0.29) is 23.6 Å². The second-order valence-electron chi connectivity index (χ2n) is 7.26. The minimum absolute atomic E-state index is 0.0336. The lowest BCUT2D eigenvalue weighted by Gasteiger charge is -2.33. The van der Waals surface area contributed by atoms with Crippen molar-refractivity contribution in [1.29, 1.82) is 0 Å². The number of urea groups is 1. The molecule has 0 bridgehead atoms. The summed E-state index contributed by atoms with van der Waals surface area (Å²) in [6.45, 7) is 4.62. The van der Waals surface area contributed by atoms with Gasteiger partial charge < -0.3 is 20.3 Å². The lowest BCUT2D eigenvalue weighted by Crippen LogP contribution is -2.48. The summed E-state index contributed by atoms with van der Waals surface area (Å²) >= 11 is 0. The molecule has 3 amide bonds. The lowest BCUT2D eigenvalue weighted by atomic mass is 10.0. The van der Waals surface area contributed by atoms with Gasteiger partial charge in [-0.15, -0.1) is 13.2 Å². The van der Waals surface area contributed by atoms with Gasteiger partial charge >= 0.3 is 18.6 Å². The Morgan fingerprint density at radius 3 is 2.29 bits per heavy atom. The molecule has 1 aliphatic rings. The smallest absolute Gasteiger partial charge is 0.405 e. The first-order chi connectivity index (χ1) is 14.3. The van der Waals surface area contributed by atoms with E-state index in [0.717, 1.165) is 6.07 Å². The van der Waals surface area contributed by atoms with E-state index in [9.17, 15) is 35.9 Å². The zero-order chi connectivity index (χ0) is 23.4. The van der Waals surface area contributed by atoms with Gasteiger partial charge in [0.05, 0.1) is 5.56 Å². The van der Waals surface area contributed by atoms with Crippen molar-refractivity contribution in [3.05, 3.63) is 23.8 Å². The van der Waals surface area contributed by atoms with Gasteiger partial charge in [-0.1, -0.05) is 13.8 Å². The number of piperidine rings is 1. The van der Waals surface area contributed by atoms with Crippen LogP contribution < -0.4 is 15.4 Å². The van der Waals surface area contributed by atoms with Crippen LogP contribution in [0.2, 0.25) is 0 Å². The molecule has 1 saturated heterocycles. The van der Waals surface area contributed by atoms with Crippen LogP contribution in [0.15, 0.2) is 18.2 Å². The Balaban J connectivity index is 1.97. The molecule has 0 spiro atoms. The molecule has 0 aliphatic carbocycles. The van der Waals surface area contributed by atoms with E-state index in [2.05, 4.69) is 15.4 Å². The van der Waals surface area contributed by atoms with Crippen molar-refractivity contribution in [2.24, 2.45) is 5.92 Å². The number of hydrogen-bond donors (Lipinski definition) is 2. The van der Waals surface area contributed by atoms with Gasteiger partial charge in [0.1, 0.15) is 5.75 Å². The number of anilines is 1. The molecular weight excluding hydrogens is 432 g/mol. The third kappa shape index (κ3) is 7.21. The van der Waals surface area contributed by atoms with Crippen molar-refractivity contribution < 1.29 is 40.7 Å². The molecule has 6 nitrogen and oxygen atoms in total. The Hall–Kier alpha value is -2.66. The number of nitrogens with one attached hydrogen (secondary N) is 2. The van der Waals surface area contributed by atoms with Crippen LogP contribution in [-0.2, 0) is 11.0 Å². The van der Waals surface area contributed by atoms with Crippen molar-refractivity contribution in [3.63, 3.8) is 0 Å². The number of amides is 3. The highest BCUT2D eigenvalue weighted by Gasteiger charge is 2.39. The predicted octanol–water partition coefficient (Wildman–Crippen LogP) is 4.76. The highest BCUT2D eigenvalue weighted by molar-refractivity contribution is 5.89. The van der Waals surface area contributed by atoms with Crippen LogP contribution in [0.25, 0.3) is 0 Å². The molecule has 1 atom stereocenters. The summed E-state index contributed by atoms with van der Waals surface area (Å²) in [6, 6.07) is 0.641. The first-order valence-corrected chi connectivity index (χ1v) is 9.63. The fourth-order valence-electron chi connectivity index (χ4n) is 3.13. The lowest BCUT2D eigenvalue weighted by molar-refractivity contribution is -0.276. The van der Waals surface area contributed by atoms with E-state index < -0.39 is 29.9 Å². The highest BCUT2D eigenvalue weighted by Crippen LogP contribution is 2.39. The van der Waals surface area contributed by atoms with Crippen LogP contribution in [0.1, 0.15) is 38.7 Å². The minimum Gasteiger partial charge on any atom is -0.405 e. The third-order valence-electron chi connectivity index (χ3n) is 4.94. The maximum absolute atomic E-state index is 13.1. The van der Waals surface area contributed by atoms with Crippen LogP contribution in [-0.4, -0.2) is 42.3 Å². The van der Waals surface area contributed by atoms with E-state index in [1.54, 1.807) is 4.90 Å². The number of carbonyl (C=O) groups excluding carboxylic acids is 2. The fourth-order valence-corrected chi connectivity index (χ4v) is 3.13. The molecule has 0 saturated carbocycles. The maximum atomic E-state index is 13.1. The molecule has 0 radical (unpaired) electrons. The topological polar surface area (TPSA) is 70.7 Å². The predicted molar refractivity (Wildman–Crippen MR) is 99.3 cm³/mol. The average Bonchev–Trinajstić information content (AvgIpc) is 2.66. The number of ether oxygens (including phenoxy) is 1. The van der Waals surface area contributed by atoms with Gasteiger partial charge in [-0.05, 0) is 37.5 Å². The van der Waals surface area contributed by atoms with Crippen LogP contribution in [0, 0.1) is 5.92 Å². The van der Waals surface area contributed by atoms with Gasteiger partial charge in [0.2, 0.25) is 5.91 Å². The number of nitrogens with zero attached hydrogens (tertiary/aromatic N) is 1. The SMILES string of the molecule is CCC(C)C(=O)N1CCC(NC(=O)Nc2ccc(OC(F)(F)F)c(C(F)(F)F)c2)CC1. The molecular formula is C19H23F6N3O3. The highest BCUT2D eigenvalue weighted by atomic mass is 19.4. The first-order valence-electron chi connectivity index (χ1n) is 9.63. The quantitative estimate of drug-likeness (QED) is 0.629. The van der Waals surface area contributed by atoms with Gasteiger partial charge in [0, 0.05) is 30.7 Å². The second kappa shape index (κ2) is 9.65. The zero-order valence-corrected chi connectivity index (χ0v) is 16.9. The minimum atomic E-state index is -5.29. The van der Waals surface area contributed by atoms with E-state index in [4.69, 9.17) is 0 Å². The number of hydrogen-bond acceptors (Lipinski definition) is 3. The number of alkyl halides is 6. The van der Waals surface area contributed by atoms with Gasteiger partial charge in [0.15, 0.2) is 0 Å². The number of likely N-dealkylation sites (tertiary alicyclic amines) is 1. The van der Waals surface area contributed by atoms with Crippen LogP contribution in [0.4, 0.5) is 36.8 Å². The molecule has 1 fully saturated rings. The molecule has 2 N–H and O–H groups in total. The van der Waals surface area contributed by atoms with Crippen molar-refractivity contribution >= 4 is 17.6 Å². The number of rotatable bonds is 5. The molecule has 1 aromatic carbocycles. The Labute approximate surface area is 174 Å². The Kier molecular flexibility index (Phi) is 7.66. The Bertz CT molecular complexity index is 789. The van der Waals surface area contributed by atoms with Crippen molar-refractivity contribution in [2.45, 2.75) is 51.7 Å². The summed E-state index contributed by atoms with van der Waals surface area (Å²) in [6.07, 6.45) is -8.75. The molecule has 31 heavy (non-hydrogen) atoms. The van der Waals surface area contributed by atoms with E-state index in [1.165, 1.54) is 0 Å². The van der Waals surface area contributed by atoms with Gasteiger partial charge in [-0.2, -0.15) is 13.2 Å². The molecule has 174 valence electrons. The van der Waals surface area contributed by atoms with Crippen LogP contribution >= 0.6 is 0 Å². The Morgan fingerprint density at radius 1 is 1.16 bits per heavy atom. The normalized spacial score (nSPS) is 16.6. The molecule has 1 aromatic rings. The summed E-state index contributed by atoms with van der Waals surface area (Å²) in [7, 11) is 0. The molecule has 2 rings (SSSR count). The molecule has 12 heteroatoms. The summed E-state index contributed by atoms with van der Waals surface area (Å²) in [4.78, 5) is 26.0. The number of benzene rings is 1. The van der Waals surface area contributed by atoms with Crippen molar-refractivity contribution in [2.75, 3.05) is 18.4 Å². The van der Waals surface area contributed by atoms with Gasteiger partial charge in [0.25, 0.3) is 0 Å². The summed E-state index contributed by atoms with van der Waals surface area (Å²) in [5.41, 5.74) is -2.01. The fraction of sp³-hybridized carbons (Fsp3) is 0.579. The molecule has 1 aliphatic heterocycles. The summed E-state index contributed by atoms with van der Waals surface area (Å²) < 4.78 is 79.7. The Morgan fingerprint density at radius 2 is 1.77 bits per heavy atom. The van der Waals surface area contributed by atoms with Gasteiger partial charge in [-0.3, -0.25) is 4.79 Å². The maximum Gasteiger partial charge on any atom is 0.573 e. The van der Waals surface area contributed by atoms with Crippen LogP contribution in [0.5, 0.6) is 5.75 Å². The van der Waals surface area contributed by atoms with Gasteiger partial charge in [-0.25, -0.2) is 4.79 Å². The van der Waals surface area contributed by atoms with E-state index >= 15 is 0 Å². The molecule has 0 aromatic heterocycles. The third-order valence-corrected chi connectivity index (χ3v) is 4.94. The summed E-state index contributed by atoms with van der Waals surface area (Å²) in [5, 5.41) is 4.79. The average molecular weight is 455 g/mol. The van der Waals surface area contributed by atoms with E-state index in [0.29, 0.717) is 44.5 Å². The van der Waals surface area contributed by atoms with Crippen molar-refractivity contribution in [1.82, 2.24) is 10.2 Å².